The van der Waals surface area contributed by atoms with Gasteiger partial charge in [-0.15, -0.1) is 0 Å². The molecule has 0 aliphatic heterocycles. The van der Waals surface area contributed by atoms with Crippen LogP contribution in [0.4, 0.5) is 5.69 Å². The summed E-state index contributed by atoms with van der Waals surface area (Å²) in [6.07, 6.45) is 7.65. The summed E-state index contributed by atoms with van der Waals surface area (Å²) in [5.41, 5.74) is 10.8. The fraction of sp³-hybridized carbons (Fsp3) is 0.273. The van der Waals surface area contributed by atoms with Crippen molar-refractivity contribution in [3.05, 3.63) is 70.8 Å². The van der Waals surface area contributed by atoms with Crippen LogP contribution in [0.2, 0.25) is 0 Å². The van der Waals surface area contributed by atoms with Gasteiger partial charge in [0.2, 0.25) is 0 Å². The van der Waals surface area contributed by atoms with E-state index in [1.807, 2.05) is 0 Å². The lowest BCUT2D eigenvalue weighted by molar-refractivity contribution is 1.13. The van der Waals surface area contributed by atoms with Gasteiger partial charge in [0, 0.05) is 19.8 Å². The Hall–Kier alpha value is -2.28. The lowest BCUT2D eigenvalue weighted by Crippen LogP contribution is -2.09. The van der Waals surface area contributed by atoms with Crippen molar-refractivity contribution in [3.8, 4) is 11.1 Å². The zero-order valence-corrected chi connectivity index (χ0v) is 14.8. The van der Waals surface area contributed by atoms with Crippen molar-refractivity contribution in [2.45, 2.75) is 27.2 Å². The molecule has 0 saturated heterocycles. The van der Waals surface area contributed by atoms with Crippen LogP contribution < -0.4 is 4.90 Å². The van der Waals surface area contributed by atoms with E-state index in [1.54, 1.807) is 0 Å². The lowest BCUT2D eigenvalue weighted by atomic mass is 9.88. The minimum absolute atomic E-state index is 1.03. The van der Waals surface area contributed by atoms with E-state index >= 15 is 0 Å². The SMILES string of the molecule is Cc1ccc(-c2cc(N(C)C)ccc2C2=CC=CC2)c(C)c1C. The molecule has 0 bridgehead atoms. The van der Waals surface area contributed by atoms with Crippen molar-refractivity contribution in [2.24, 2.45) is 0 Å². The highest BCUT2D eigenvalue weighted by atomic mass is 15.1. The normalized spacial score (nSPS) is 13.3. The summed E-state index contributed by atoms with van der Waals surface area (Å²) in [6, 6.07) is 11.3. The van der Waals surface area contributed by atoms with E-state index in [4.69, 9.17) is 0 Å². The highest BCUT2D eigenvalue weighted by Gasteiger charge is 2.15. The highest BCUT2D eigenvalue weighted by molar-refractivity contribution is 5.87. The standard InChI is InChI=1S/C22H25N/c1-15-10-12-20(17(3)16(15)2)22-14-19(23(4)5)11-13-21(22)18-8-6-7-9-18/h6-8,10-14H,9H2,1-5H3. The van der Waals surface area contributed by atoms with Gasteiger partial charge in [0.05, 0.1) is 0 Å². The first-order valence-electron chi connectivity index (χ1n) is 8.23. The Morgan fingerprint density at radius 2 is 1.57 bits per heavy atom. The molecule has 0 aromatic heterocycles. The van der Waals surface area contributed by atoms with E-state index in [2.05, 4.69) is 88.3 Å². The molecule has 0 amide bonds. The quantitative estimate of drug-likeness (QED) is 0.704. The molecule has 0 spiro atoms. The molecule has 0 radical (unpaired) electrons. The number of aryl methyl sites for hydroxylation is 1. The Bertz CT molecular complexity index is 807. The first-order chi connectivity index (χ1) is 11.0. The van der Waals surface area contributed by atoms with Crippen LogP contribution in [-0.4, -0.2) is 14.1 Å². The molecular weight excluding hydrogens is 278 g/mol. The molecule has 23 heavy (non-hydrogen) atoms. The first-order valence-corrected chi connectivity index (χ1v) is 8.23. The summed E-state index contributed by atoms with van der Waals surface area (Å²) < 4.78 is 0. The maximum Gasteiger partial charge on any atom is 0.0367 e. The van der Waals surface area contributed by atoms with Gasteiger partial charge in [-0.25, -0.2) is 0 Å². The molecule has 0 heterocycles. The number of hydrogen-bond donors (Lipinski definition) is 0. The molecule has 0 atom stereocenters. The van der Waals surface area contributed by atoms with Crippen LogP contribution in [0.1, 0.15) is 28.7 Å². The van der Waals surface area contributed by atoms with Crippen LogP contribution in [0.3, 0.4) is 0 Å². The van der Waals surface area contributed by atoms with Crippen LogP contribution in [0.25, 0.3) is 16.7 Å². The number of benzene rings is 2. The maximum absolute atomic E-state index is 2.32. The van der Waals surface area contributed by atoms with E-state index in [-0.39, 0.29) is 0 Å². The summed E-state index contributed by atoms with van der Waals surface area (Å²) in [4.78, 5) is 2.17. The Morgan fingerprint density at radius 1 is 0.826 bits per heavy atom. The van der Waals surface area contributed by atoms with Crippen LogP contribution in [0.15, 0.2) is 48.6 Å². The second-order valence-corrected chi connectivity index (χ2v) is 6.63. The molecule has 0 unspecified atom stereocenters. The Balaban J connectivity index is 2.23. The largest absolute Gasteiger partial charge is 0.378 e. The van der Waals surface area contributed by atoms with Crippen molar-refractivity contribution in [1.29, 1.82) is 0 Å². The van der Waals surface area contributed by atoms with E-state index in [0.29, 0.717) is 0 Å². The van der Waals surface area contributed by atoms with Gasteiger partial charge >= 0.3 is 0 Å². The molecule has 0 fully saturated rings. The third kappa shape index (κ3) is 2.84. The van der Waals surface area contributed by atoms with Crippen LogP contribution in [-0.2, 0) is 0 Å². The van der Waals surface area contributed by atoms with Crippen molar-refractivity contribution < 1.29 is 0 Å². The zero-order chi connectivity index (χ0) is 16.6. The summed E-state index contributed by atoms with van der Waals surface area (Å²) in [7, 11) is 4.20. The van der Waals surface area contributed by atoms with Gasteiger partial charge in [-0.05, 0) is 78.3 Å². The number of allylic oxidation sites excluding steroid dienone is 4. The second kappa shape index (κ2) is 6.08. The van der Waals surface area contributed by atoms with Crippen molar-refractivity contribution in [2.75, 3.05) is 19.0 Å². The molecule has 118 valence electrons. The van der Waals surface area contributed by atoms with Crippen LogP contribution in [0.5, 0.6) is 0 Å². The minimum Gasteiger partial charge on any atom is -0.378 e. The fourth-order valence-electron chi connectivity index (χ4n) is 3.21. The Labute approximate surface area is 140 Å². The van der Waals surface area contributed by atoms with E-state index in [9.17, 15) is 0 Å². The number of rotatable bonds is 3. The second-order valence-electron chi connectivity index (χ2n) is 6.63. The maximum atomic E-state index is 2.32. The minimum atomic E-state index is 1.03. The van der Waals surface area contributed by atoms with Gasteiger partial charge in [-0.1, -0.05) is 36.4 Å². The van der Waals surface area contributed by atoms with Gasteiger partial charge in [-0.3, -0.25) is 0 Å². The van der Waals surface area contributed by atoms with Crippen LogP contribution >= 0.6 is 0 Å². The monoisotopic (exact) mass is 303 g/mol. The molecule has 1 aliphatic carbocycles. The fourth-order valence-corrected chi connectivity index (χ4v) is 3.21. The summed E-state index contributed by atoms with van der Waals surface area (Å²) in [6.45, 7) is 6.65. The summed E-state index contributed by atoms with van der Waals surface area (Å²) >= 11 is 0. The molecule has 1 nitrogen and oxygen atoms in total. The summed E-state index contributed by atoms with van der Waals surface area (Å²) in [5.74, 6) is 0. The van der Waals surface area contributed by atoms with Gasteiger partial charge in [0.15, 0.2) is 0 Å². The third-order valence-electron chi connectivity index (χ3n) is 4.98. The Kier molecular flexibility index (Phi) is 4.12. The predicted molar refractivity (Wildman–Crippen MR) is 102 cm³/mol. The number of nitrogens with zero attached hydrogens (tertiary/aromatic N) is 1. The van der Waals surface area contributed by atoms with Gasteiger partial charge in [0.1, 0.15) is 0 Å². The van der Waals surface area contributed by atoms with E-state index < -0.39 is 0 Å². The van der Waals surface area contributed by atoms with Gasteiger partial charge < -0.3 is 4.90 Å². The molecular formula is C22H25N. The van der Waals surface area contributed by atoms with Crippen molar-refractivity contribution in [3.63, 3.8) is 0 Å². The van der Waals surface area contributed by atoms with E-state index in [0.717, 1.165) is 6.42 Å². The van der Waals surface area contributed by atoms with Crippen molar-refractivity contribution >= 4 is 11.3 Å². The Morgan fingerprint density at radius 3 is 2.22 bits per heavy atom. The van der Waals surface area contributed by atoms with E-state index in [1.165, 1.54) is 44.6 Å². The predicted octanol–water partition coefficient (Wildman–Crippen LogP) is 5.69. The first kappa shape index (κ1) is 15.6. The molecule has 1 aliphatic rings. The van der Waals surface area contributed by atoms with Gasteiger partial charge in [0.25, 0.3) is 0 Å². The van der Waals surface area contributed by atoms with Gasteiger partial charge in [-0.2, -0.15) is 0 Å². The van der Waals surface area contributed by atoms with Crippen LogP contribution in [0, 0.1) is 20.8 Å². The molecule has 2 aromatic rings. The molecule has 0 N–H and O–H groups in total. The molecule has 1 heteroatoms. The number of hydrogen-bond acceptors (Lipinski definition) is 1. The highest BCUT2D eigenvalue weighted by Crippen LogP contribution is 2.37. The topological polar surface area (TPSA) is 3.24 Å². The molecule has 0 saturated carbocycles. The van der Waals surface area contributed by atoms with Crippen molar-refractivity contribution in [1.82, 2.24) is 0 Å². The molecule has 2 aromatic carbocycles. The number of anilines is 1. The smallest absolute Gasteiger partial charge is 0.0367 e. The average molecular weight is 303 g/mol. The zero-order valence-electron chi connectivity index (χ0n) is 14.8. The summed E-state index contributed by atoms with van der Waals surface area (Å²) in [5, 5.41) is 0. The average Bonchev–Trinajstić information content (AvgIpc) is 3.06. The molecule has 3 rings (SSSR count). The lowest BCUT2D eigenvalue weighted by Gasteiger charge is -2.20. The third-order valence-corrected chi connectivity index (χ3v) is 4.98.